The van der Waals surface area contributed by atoms with Crippen molar-refractivity contribution in [1.29, 1.82) is 0 Å². The molecule has 7 nitrogen and oxygen atoms in total. The first-order chi connectivity index (χ1) is 14.6. The van der Waals surface area contributed by atoms with E-state index in [2.05, 4.69) is 26.6 Å². The van der Waals surface area contributed by atoms with Crippen LogP contribution in [0.5, 0.6) is 0 Å². The number of carbonyl (C=O) groups excluding carboxylic acids is 2. The maximum atomic E-state index is 13.0. The van der Waals surface area contributed by atoms with Gasteiger partial charge in [0.05, 0.1) is 5.69 Å². The Hall–Kier alpha value is -1.67. The molecule has 8 heteroatoms. The predicted octanol–water partition coefficient (Wildman–Crippen LogP) is 1.47. The smallest absolute Gasteiger partial charge is 0.226 e. The molecule has 3 heterocycles. The molecule has 2 aliphatic heterocycles. The molecule has 164 valence electrons. The number of piperazine rings is 2. The Kier molecular flexibility index (Phi) is 5.71. The third-order valence-corrected chi connectivity index (χ3v) is 8.59. The Bertz CT molecular complexity index is 791. The van der Waals surface area contributed by atoms with Gasteiger partial charge in [0.2, 0.25) is 11.8 Å². The molecule has 1 unspecified atom stereocenters. The molecule has 1 aromatic heterocycles. The minimum absolute atomic E-state index is 0.117. The van der Waals surface area contributed by atoms with Gasteiger partial charge in [0, 0.05) is 69.1 Å². The second kappa shape index (κ2) is 8.46. The van der Waals surface area contributed by atoms with E-state index in [-0.39, 0.29) is 5.92 Å². The molecule has 0 spiro atoms. The molecule has 1 saturated carbocycles. The molecule has 2 saturated heterocycles. The number of aromatic nitrogens is 1. The Morgan fingerprint density at radius 2 is 1.50 bits per heavy atom. The summed E-state index contributed by atoms with van der Waals surface area (Å²) in [6, 6.07) is 0. The first kappa shape index (κ1) is 20.2. The highest BCUT2D eigenvalue weighted by Gasteiger charge is 2.34. The Balaban J connectivity index is 1.17. The highest BCUT2D eigenvalue weighted by molar-refractivity contribution is 7.15. The van der Waals surface area contributed by atoms with Crippen LogP contribution in [0.4, 0.5) is 5.13 Å². The fourth-order valence-electron chi connectivity index (χ4n) is 5.02. The molecule has 0 aromatic carbocycles. The maximum absolute atomic E-state index is 13.0. The van der Waals surface area contributed by atoms with Gasteiger partial charge in [-0.3, -0.25) is 9.59 Å². The fourth-order valence-corrected chi connectivity index (χ4v) is 6.26. The van der Waals surface area contributed by atoms with Crippen molar-refractivity contribution in [2.24, 2.45) is 11.8 Å². The van der Waals surface area contributed by atoms with E-state index in [9.17, 15) is 9.59 Å². The van der Waals surface area contributed by atoms with Gasteiger partial charge in [0.15, 0.2) is 5.13 Å². The van der Waals surface area contributed by atoms with Gasteiger partial charge in [-0.1, -0.05) is 6.42 Å². The molecular weight excluding hydrogens is 398 g/mol. The van der Waals surface area contributed by atoms with E-state index in [0.717, 1.165) is 89.6 Å². The third-order valence-electron chi connectivity index (χ3n) is 7.41. The first-order valence-corrected chi connectivity index (χ1v) is 12.4. The van der Waals surface area contributed by atoms with Gasteiger partial charge in [-0.05, 0) is 39.2 Å². The molecule has 0 radical (unpaired) electrons. The van der Waals surface area contributed by atoms with Crippen LogP contribution in [-0.2, 0) is 22.4 Å². The minimum atomic E-state index is 0.117. The lowest BCUT2D eigenvalue weighted by atomic mass is 9.84. The Morgan fingerprint density at radius 1 is 0.867 bits per heavy atom. The fraction of sp³-hybridized carbons (Fsp3) is 0.773. The first-order valence-electron chi connectivity index (χ1n) is 11.6. The molecule has 0 N–H and O–H groups in total. The molecule has 30 heavy (non-hydrogen) atoms. The van der Waals surface area contributed by atoms with Gasteiger partial charge >= 0.3 is 0 Å². The van der Waals surface area contributed by atoms with Gasteiger partial charge in [-0.15, -0.1) is 11.3 Å². The predicted molar refractivity (Wildman–Crippen MR) is 118 cm³/mol. The normalized spacial score (nSPS) is 25.8. The van der Waals surface area contributed by atoms with E-state index in [0.29, 0.717) is 17.7 Å². The van der Waals surface area contributed by atoms with Crippen LogP contribution in [-0.4, -0.2) is 90.9 Å². The third kappa shape index (κ3) is 3.96. The molecule has 1 aromatic rings. The topological polar surface area (TPSA) is 60.0 Å². The number of amides is 2. The standard InChI is InChI=1S/C22H33N5O2S/c1-24-7-9-25(10-8-24)21(29)17-5-6-18-19(15-17)30-22(23-18)27-13-11-26(12-14-27)20(28)16-3-2-4-16/h16-17H,2-15H2,1H3. The number of thiazole rings is 1. The maximum Gasteiger partial charge on any atom is 0.226 e. The molecule has 4 aliphatic rings. The van der Waals surface area contributed by atoms with Crippen LogP contribution in [0.2, 0.25) is 0 Å². The van der Waals surface area contributed by atoms with Crippen LogP contribution in [0, 0.1) is 11.8 Å². The van der Waals surface area contributed by atoms with Crippen molar-refractivity contribution in [3.63, 3.8) is 0 Å². The van der Waals surface area contributed by atoms with Crippen molar-refractivity contribution in [3.8, 4) is 0 Å². The summed E-state index contributed by atoms with van der Waals surface area (Å²) in [5.41, 5.74) is 1.20. The molecule has 0 bridgehead atoms. The van der Waals surface area contributed by atoms with Gasteiger partial charge in [-0.2, -0.15) is 0 Å². The zero-order valence-corrected chi connectivity index (χ0v) is 18.8. The second-order valence-electron chi connectivity index (χ2n) is 9.37. The second-order valence-corrected chi connectivity index (χ2v) is 10.4. The van der Waals surface area contributed by atoms with E-state index in [4.69, 9.17) is 4.98 Å². The number of hydrogen-bond donors (Lipinski definition) is 0. The molecular formula is C22H33N5O2S. The monoisotopic (exact) mass is 431 g/mol. The largest absolute Gasteiger partial charge is 0.345 e. The Labute approximate surface area is 183 Å². The van der Waals surface area contributed by atoms with Gasteiger partial charge in [0.1, 0.15) is 0 Å². The number of aryl methyl sites for hydroxylation is 1. The summed E-state index contributed by atoms with van der Waals surface area (Å²) in [6.45, 7) is 7.03. The lowest BCUT2D eigenvalue weighted by Crippen LogP contribution is -2.51. The van der Waals surface area contributed by atoms with Crippen molar-refractivity contribution < 1.29 is 9.59 Å². The number of rotatable bonds is 3. The molecule has 1 atom stereocenters. The van der Waals surface area contributed by atoms with Crippen LogP contribution >= 0.6 is 11.3 Å². The lowest BCUT2D eigenvalue weighted by molar-refractivity contribution is -0.138. The molecule has 5 rings (SSSR count). The Morgan fingerprint density at radius 3 is 2.13 bits per heavy atom. The average molecular weight is 432 g/mol. The van der Waals surface area contributed by atoms with E-state index in [1.807, 2.05) is 0 Å². The van der Waals surface area contributed by atoms with Gasteiger partial charge in [-0.25, -0.2) is 4.98 Å². The highest BCUT2D eigenvalue weighted by Crippen LogP contribution is 2.35. The quantitative estimate of drug-likeness (QED) is 0.725. The van der Waals surface area contributed by atoms with Crippen LogP contribution < -0.4 is 4.90 Å². The number of fused-ring (bicyclic) bond motifs is 1. The van der Waals surface area contributed by atoms with Gasteiger partial charge in [0.25, 0.3) is 0 Å². The number of carbonyl (C=O) groups is 2. The van der Waals surface area contributed by atoms with Crippen molar-refractivity contribution in [2.45, 2.75) is 38.5 Å². The van der Waals surface area contributed by atoms with Crippen LogP contribution in [0.15, 0.2) is 0 Å². The summed E-state index contributed by atoms with van der Waals surface area (Å²) in [4.78, 5) is 40.5. The SMILES string of the molecule is CN1CCN(C(=O)C2CCc3nc(N4CCN(C(=O)C5CCC5)CC4)sc3C2)CC1. The number of nitrogens with zero attached hydrogens (tertiary/aromatic N) is 5. The van der Waals surface area contributed by atoms with Crippen LogP contribution in [0.3, 0.4) is 0 Å². The summed E-state index contributed by atoms with van der Waals surface area (Å²) in [5.74, 6) is 1.11. The average Bonchev–Trinajstić information content (AvgIpc) is 3.16. The zero-order valence-electron chi connectivity index (χ0n) is 18.0. The van der Waals surface area contributed by atoms with E-state index in [1.165, 1.54) is 17.0 Å². The lowest BCUT2D eigenvalue weighted by Gasteiger charge is -2.38. The number of anilines is 1. The van der Waals surface area contributed by atoms with Crippen molar-refractivity contribution in [3.05, 3.63) is 10.6 Å². The van der Waals surface area contributed by atoms with Crippen LogP contribution in [0.1, 0.15) is 36.3 Å². The summed E-state index contributed by atoms with van der Waals surface area (Å²) >= 11 is 1.77. The van der Waals surface area contributed by atoms with Crippen LogP contribution in [0.25, 0.3) is 0 Å². The van der Waals surface area contributed by atoms with E-state index in [1.54, 1.807) is 11.3 Å². The number of likely N-dealkylation sites (N-methyl/N-ethyl adjacent to an activating group) is 1. The summed E-state index contributed by atoms with van der Waals surface area (Å²) in [5, 5.41) is 1.09. The summed E-state index contributed by atoms with van der Waals surface area (Å²) < 4.78 is 0. The van der Waals surface area contributed by atoms with E-state index < -0.39 is 0 Å². The molecule has 2 aliphatic carbocycles. The molecule has 3 fully saturated rings. The summed E-state index contributed by atoms with van der Waals surface area (Å²) in [6.07, 6.45) is 6.04. The zero-order chi connectivity index (χ0) is 20.7. The molecule has 2 amide bonds. The minimum Gasteiger partial charge on any atom is -0.345 e. The van der Waals surface area contributed by atoms with Crippen molar-refractivity contribution in [1.82, 2.24) is 19.7 Å². The van der Waals surface area contributed by atoms with E-state index >= 15 is 0 Å². The van der Waals surface area contributed by atoms with Crippen molar-refractivity contribution in [2.75, 3.05) is 64.3 Å². The summed E-state index contributed by atoms with van der Waals surface area (Å²) in [7, 11) is 2.12. The van der Waals surface area contributed by atoms with Gasteiger partial charge < -0.3 is 19.6 Å². The highest BCUT2D eigenvalue weighted by atomic mass is 32.1. The van der Waals surface area contributed by atoms with Crippen molar-refractivity contribution >= 4 is 28.3 Å². The number of hydrogen-bond acceptors (Lipinski definition) is 6.